The van der Waals surface area contributed by atoms with Crippen LogP contribution < -0.4 is 14.8 Å². The lowest BCUT2D eigenvalue weighted by atomic mass is 10.1. The lowest BCUT2D eigenvalue weighted by molar-refractivity contribution is -0.153. The van der Waals surface area contributed by atoms with Gasteiger partial charge in [0.1, 0.15) is 18.0 Å². The number of halogens is 5. The average molecular weight is 502 g/mol. The molecule has 0 amide bonds. The van der Waals surface area contributed by atoms with Crippen LogP contribution >= 0.6 is 12.4 Å². The molecule has 0 radical (unpaired) electrons. The first-order valence-corrected chi connectivity index (χ1v) is 11.0. The number of nitrogens with zero attached hydrogens (tertiary/aromatic N) is 1. The smallest absolute Gasteiger partial charge is 0.408 e. The van der Waals surface area contributed by atoms with Gasteiger partial charge in [0.05, 0.1) is 19.1 Å². The largest absolute Gasteiger partial charge is 0.471 e. The van der Waals surface area contributed by atoms with E-state index >= 15 is 0 Å². The number of aromatic nitrogens is 1. The Labute approximate surface area is 190 Å². The summed E-state index contributed by atoms with van der Waals surface area (Å²) in [7, 11) is -2.56. The van der Waals surface area contributed by atoms with E-state index in [1.807, 2.05) is 0 Å². The summed E-state index contributed by atoms with van der Waals surface area (Å²) < 4.78 is 87.4. The van der Waals surface area contributed by atoms with Crippen LogP contribution in [0, 0.1) is 5.82 Å². The van der Waals surface area contributed by atoms with Crippen molar-refractivity contribution in [2.24, 2.45) is 0 Å². The van der Waals surface area contributed by atoms with Crippen LogP contribution in [-0.4, -0.2) is 52.2 Å². The second-order valence-corrected chi connectivity index (χ2v) is 8.53. The monoisotopic (exact) mass is 501 g/mol. The molecular formula is C19H24ClF4N3O4S. The van der Waals surface area contributed by atoms with E-state index in [1.54, 1.807) is 4.72 Å². The Morgan fingerprint density at radius 3 is 2.28 bits per heavy atom. The molecule has 0 saturated heterocycles. The summed E-state index contributed by atoms with van der Waals surface area (Å²) in [5.74, 6) is -0.261. The highest BCUT2D eigenvalue weighted by Crippen LogP contribution is 2.33. The minimum absolute atomic E-state index is 0. The molecule has 0 saturated carbocycles. The molecule has 0 aliphatic carbocycles. The summed E-state index contributed by atoms with van der Waals surface area (Å²) in [6, 6.07) is 5.66. The van der Waals surface area contributed by atoms with E-state index in [4.69, 9.17) is 9.47 Å². The Morgan fingerprint density at radius 2 is 1.78 bits per heavy atom. The lowest BCUT2D eigenvalue weighted by Gasteiger charge is -2.21. The molecule has 0 bridgehead atoms. The van der Waals surface area contributed by atoms with Crippen molar-refractivity contribution in [3.05, 3.63) is 59.5 Å². The van der Waals surface area contributed by atoms with Gasteiger partial charge in [0.2, 0.25) is 15.9 Å². The highest BCUT2D eigenvalue weighted by atomic mass is 35.5. The summed E-state index contributed by atoms with van der Waals surface area (Å²) in [6.45, 7) is 0.877. The maximum atomic E-state index is 13.2. The molecule has 180 valence electrons. The van der Waals surface area contributed by atoms with E-state index in [0.717, 1.165) is 6.20 Å². The SMILES string of the molecule is COC[C@@H](CNCc1ccc([C@H](NS(C)(=O)=O)C(F)(F)F)cc1)Oc1ccc(F)cn1.Cl. The van der Waals surface area contributed by atoms with Gasteiger partial charge in [0.25, 0.3) is 0 Å². The molecule has 1 aromatic carbocycles. The van der Waals surface area contributed by atoms with Gasteiger partial charge in [0.15, 0.2) is 0 Å². The maximum absolute atomic E-state index is 13.2. The molecule has 1 heterocycles. The van der Waals surface area contributed by atoms with Crippen LogP contribution in [0.4, 0.5) is 17.6 Å². The van der Waals surface area contributed by atoms with Crippen LogP contribution in [0.5, 0.6) is 5.88 Å². The fourth-order valence-electron chi connectivity index (χ4n) is 2.67. The van der Waals surface area contributed by atoms with Crippen LogP contribution in [0.3, 0.4) is 0 Å². The van der Waals surface area contributed by atoms with Crippen LogP contribution in [0.15, 0.2) is 42.6 Å². The number of benzene rings is 1. The van der Waals surface area contributed by atoms with E-state index < -0.39 is 34.2 Å². The van der Waals surface area contributed by atoms with E-state index in [0.29, 0.717) is 24.9 Å². The van der Waals surface area contributed by atoms with Crippen molar-refractivity contribution in [1.29, 1.82) is 0 Å². The van der Waals surface area contributed by atoms with Gasteiger partial charge in [-0.3, -0.25) is 0 Å². The normalized spacial score (nSPS) is 13.8. The Hall–Kier alpha value is -1.99. The summed E-state index contributed by atoms with van der Waals surface area (Å²) in [4.78, 5) is 3.82. The van der Waals surface area contributed by atoms with Crippen molar-refractivity contribution in [3.63, 3.8) is 0 Å². The minimum atomic E-state index is -4.78. The molecule has 32 heavy (non-hydrogen) atoms. The molecule has 0 spiro atoms. The van der Waals surface area contributed by atoms with Crippen LogP contribution in [0.2, 0.25) is 0 Å². The standard InChI is InChI=1S/C19H23F4N3O4S.ClH/c1-29-12-16(30-17-8-7-15(20)10-25-17)11-24-9-13-3-5-14(6-4-13)18(19(21,22)23)26-31(2,27)28;/h3-8,10,16,18,24,26H,9,11-12H2,1-2H3;1H/t16-,18+;/m1./s1. The highest BCUT2D eigenvalue weighted by Gasteiger charge is 2.42. The number of pyridine rings is 1. The third-order valence-corrected chi connectivity index (χ3v) is 4.68. The average Bonchev–Trinajstić information content (AvgIpc) is 2.67. The number of methoxy groups -OCH3 is 1. The van der Waals surface area contributed by atoms with Gasteiger partial charge in [0, 0.05) is 26.3 Å². The fourth-order valence-corrected chi connectivity index (χ4v) is 3.36. The molecule has 2 aromatic rings. The topological polar surface area (TPSA) is 89.6 Å². The van der Waals surface area contributed by atoms with Crippen LogP contribution in [-0.2, 0) is 21.3 Å². The Morgan fingerprint density at radius 1 is 1.12 bits per heavy atom. The Balaban J connectivity index is 0.00000512. The minimum Gasteiger partial charge on any atom is -0.471 e. The van der Waals surface area contributed by atoms with Crippen molar-refractivity contribution >= 4 is 22.4 Å². The number of hydrogen-bond donors (Lipinski definition) is 2. The zero-order valence-electron chi connectivity index (χ0n) is 17.2. The van der Waals surface area contributed by atoms with Gasteiger partial charge in [-0.25, -0.2) is 17.8 Å². The second kappa shape index (κ2) is 12.3. The van der Waals surface area contributed by atoms with Gasteiger partial charge >= 0.3 is 6.18 Å². The summed E-state index contributed by atoms with van der Waals surface area (Å²) in [5.41, 5.74) is 0.463. The van der Waals surface area contributed by atoms with Crippen molar-refractivity contribution in [1.82, 2.24) is 15.0 Å². The quantitative estimate of drug-likeness (QED) is 0.460. The molecule has 2 N–H and O–H groups in total. The van der Waals surface area contributed by atoms with E-state index in [9.17, 15) is 26.0 Å². The van der Waals surface area contributed by atoms with Gasteiger partial charge in [-0.05, 0) is 17.2 Å². The number of ether oxygens (including phenoxy) is 2. The van der Waals surface area contributed by atoms with Crippen molar-refractivity contribution < 1.29 is 35.5 Å². The number of alkyl halides is 3. The molecular weight excluding hydrogens is 478 g/mol. The zero-order valence-corrected chi connectivity index (χ0v) is 18.9. The third-order valence-electron chi connectivity index (χ3n) is 4.01. The first-order chi connectivity index (χ1) is 14.5. The molecule has 2 rings (SSSR count). The van der Waals surface area contributed by atoms with Crippen molar-refractivity contribution in [3.8, 4) is 5.88 Å². The predicted molar refractivity (Wildman–Crippen MR) is 113 cm³/mol. The number of nitrogens with one attached hydrogen (secondary N) is 2. The molecule has 1 aromatic heterocycles. The summed E-state index contributed by atoms with van der Waals surface area (Å²) in [6.07, 6.45) is -3.51. The van der Waals surface area contributed by atoms with E-state index in [1.165, 1.54) is 43.5 Å². The van der Waals surface area contributed by atoms with Crippen LogP contribution in [0.25, 0.3) is 0 Å². The predicted octanol–water partition coefficient (Wildman–Crippen LogP) is 2.98. The Kier molecular flexibility index (Phi) is 10.8. The lowest BCUT2D eigenvalue weighted by Crippen LogP contribution is -2.37. The first-order valence-electron chi connectivity index (χ1n) is 9.08. The molecule has 0 aliphatic heterocycles. The fraction of sp³-hybridized carbons (Fsp3) is 0.421. The molecule has 0 fully saturated rings. The third kappa shape index (κ3) is 9.65. The molecule has 7 nitrogen and oxygen atoms in total. The summed E-state index contributed by atoms with van der Waals surface area (Å²) in [5, 5.41) is 3.09. The molecule has 0 unspecified atom stereocenters. The maximum Gasteiger partial charge on any atom is 0.408 e. The van der Waals surface area contributed by atoms with E-state index in [-0.39, 0.29) is 30.5 Å². The molecule has 2 atom stereocenters. The number of hydrogen-bond acceptors (Lipinski definition) is 6. The van der Waals surface area contributed by atoms with Gasteiger partial charge in [-0.15, -0.1) is 12.4 Å². The second-order valence-electron chi connectivity index (χ2n) is 6.75. The van der Waals surface area contributed by atoms with E-state index in [2.05, 4.69) is 10.3 Å². The summed E-state index contributed by atoms with van der Waals surface area (Å²) >= 11 is 0. The Bertz CT molecular complexity index is 929. The van der Waals surface area contributed by atoms with Gasteiger partial charge in [-0.1, -0.05) is 24.3 Å². The van der Waals surface area contributed by atoms with Crippen molar-refractivity contribution in [2.75, 3.05) is 26.5 Å². The van der Waals surface area contributed by atoms with Crippen LogP contribution in [0.1, 0.15) is 17.2 Å². The van der Waals surface area contributed by atoms with Gasteiger partial charge in [-0.2, -0.15) is 17.9 Å². The first kappa shape index (κ1) is 28.0. The number of sulfonamides is 1. The zero-order chi connectivity index (χ0) is 23.1. The molecule has 13 heteroatoms. The number of rotatable bonds is 11. The molecule has 0 aliphatic rings. The van der Waals surface area contributed by atoms with Gasteiger partial charge < -0.3 is 14.8 Å². The highest BCUT2D eigenvalue weighted by molar-refractivity contribution is 7.88. The van der Waals surface area contributed by atoms with Crippen molar-refractivity contribution in [2.45, 2.75) is 24.9 Å².